The van der Waals surface area contributed by atoms with Crippen LogP contribution in [0.15, 0.2) is 35.7 Å². The molecule has 0 saturated heterocycles. The average Bonchev–Trinajstić information content (AvgIpc) is 2.94. The van der Waals surface area contributed by atoms with Crippen molar-refractivity contribution >= 4 is 32.1 Å². The summed E-state index contributed by atoms with van der Waals surface area (Å²) in [6, 6.07) is 7.68. The lowest BCUT2D eigenvalue weighted by Gasteiger charge is -2.08. The molecule has 0 aliphatic rings. The summed E-state index contributed by atoms with van der Waals surface area (Å²) in [5.74, 6) is -1.74. The number of hydrogen-bond donors (Lipinski definition) is 1. The molecule has 0 bridgehead atoms. The third-order valence-electron chi connectivity index (χ3n) is 2.90. The zero-order valence-corrected chi connectivity index (χ0v) is 11.4. The zero-order chi connectivity index (χ0) is 13.4. The molecule has 1 unspecified atom stereocenters. The quantitative estimate of drug-likeness (QED) is 0.753. The van der Waals surface area contributed by atoms with E-state index in [0.29, 0.717) is 5.56 Å². The molecule has 5 heteroatoms. The molecule has 0 radical (unpaired) electrons. The van der Waals surface area contributed by atoms with Gasteiger partial charge < -0.3 is 5.11 Å². The Balaban J connectivity index is 1.82. The van der Waals surface area contributed by atoms with Crippen LogP contribution in [0, 0.1) is 11.6 Å². The Hall–Kier alpha value is -1.30. The van der Waals surface area contributed by atoms with Crippen molar-refractivity contribution in [3.8, 4) is 0 Å². The summed E-state index contributed by atoms with van der Waals surface area (Å²) in [4.78, 5) is 0.853. The number of hydrogen-bond acceptors (Lipinski definition) is 3. The Kier molecular flexibility index (Phi) is 3.35. The van der Waals surface area contributed by atoms with Crippen molar-refractivity contribution in [3.05, 3.63) is 57.8 Å². The molecule has 0 amide bonds. The van der Waals surface area contributed by atoms with Crippen molar-refractivity contribution in [2.24, 2.45) is 0 Å². The predicted molar refractivity (Wildman–Crippen MR) is 74.7 cm³/mol. The molecule has 0 fully saturated rings. The van der Waals surface area contributed by atoms with Crippen molar-refractivity contribution in [2.45, 2.75) is 12.5 Å². The van der Waals surface area contributed by atoms with Crippen LogP contribution in [0.4, 0.5) is 8.78 Å². The summed E-state index contributed by atoms with van der Waals surface area (Å²) in [6.07, 6.45) is -0.403. The summed E-state index contributed by atoms with van der Waals surface area (Å²) in [6.45, 7) is 0. The van der Waals surface area contributed by atoms with Gasteiger partial charge in [0, 0.05) is 20.7 Å². The highest BCUT2D eigenvalue weighted by Gasteiger charge is 2.14. The van der Waals surface area contributed by atoms with Crippen LogP contribution in [0.1, 0.15) is 16.5 Å². The monoisotopic (exact) mass is 296 g/mol. The fraction of sp³-hybridized carbons (Fsp3) is 0.143. The van der Waals surface area contributed by atoms with Gasteiger partial charge in [-0.2, -0.15) is 0 Å². The van der Waals surface area contributed by atoms with Crippen molar-refractivity contribution in [1.82, 2.24) is 0 Å². The standard InChI is InChI=1S/C14H10F2OS2/c15-9-2-1-8(5-10(9)16)6-11(17)13-7-14-12(19-13)3-4-18-14/h1-5,7,11,17H,6H2. The van der Waals surface area contributed by atoms with Crippen LogP contribution in [0.5, 0.6) is 0 Å². The minimum Gasteiger partial charge on any atom is -0.387 e. The Morgan fingerprint density at radius 1 is 1.05 bits per heavy atom. The minimum absolute atomic E-state index is 0.283. The smallest absolute Gasteiger partial charge is 0.159 e. The second kappa shape index (κ2) is 5.00. The summed E-state index contributed by atoms with van der Waals surface area (Å²) < 4.78 is 28.2. The topological polar surface area (TPSA) is 20.2 Å². The molecule has 0 aliphatic carbocycles. The van der Waals surface area contributed by atoms with E-state index in [1.54, 1.807) is 11.3 Å². The van der Waals surface area contributed by atoms with Crippen molar-refractivity contribution in [1.29, 1.82) is 0 Å². The molecular weight excluding hydrogens is 286 g/mol. The maximum atomic E-state index is 13.1. The normalized spacial score (nSPS) is 13.0. The van der Waals surface area contributed by atoms with Crippen LogP contribution in [0.2, 0.25) is 0 Å². The molecule has 0 aliphatic heterocycles. The molecule has 1 nitrogen and oxygen atoms in total. The Bertz CT molecular complexity index is 689. The molecule has 1 atom stereocenters. The van der Waals surface area contributed by atoms with Gasteiger partial charge in [-0.15, -0.1) is 22.7 Å². The van der Waals surface area contributed by atoms with Gasteiger partial charge in [0.05, 0.1) is 6.10 Å². The Morgan fingerprint density at radius 3 is 2.63 bits per heavy atom. The first kappa shape index (κ1) is 12.7. The molecule has 1 N–H and O–H groups in total. The maximum absolute atomic E-state index is 13.1. The third-order valence-corrected chi connectivity index (χ3v) is 5.09. The van der Waals surface area contributed by atoms with Gasteiger partial charge in [-0.25, -0.2) is 8.78 Å². The molecule has 98 valence electrons. The third kappa shape index (κ3) is 2.54. The first-order valence-corrected chi connectivity index (χ1v) is 7.42. The van der Waals surface area contributed by atoms with Gasteiger partial charge in [0.2, 0.25) is 0 Å². The van der Waals surface area contributed by atoms with Crippen LogP contribution < -0.4 is 0 Å². The molecular formula is C14H10F2OS2. The van der Waals surface area contributed by atoms with E-state index in [1.165, 1.54) is 17.4 Å². The van der Waals surface area contributed by atoms with Crippen molar-refractivity contribution < 1.29 is 13.9 Å². The Morgan fingerprint density at radius 2 is 1.89 bits per heavy atom. The highest BCUT2D eigenvalue weighted by Crippen LogP contribution is 2.34. The molecule has 1 aromatic carbocycles. The fourth-order valence-corrected chi connectivity index (χ4v) is 4.04. The highest BCUT2D eigenvalue weighted by atomic mass is 32.1. The van der Waals surface area contributed by atoms with E-state index in [-0.39, 0.29) is 6.42 Å². The van der Waals surface area contributed by atoms with Crippen LogP contribution in [0.3, 0.4) is 0 Å². The SMILES string of the molecule is OC(Cc1ccc(F)c(F)c1)c1cc2sccc2s1. The fourth-order valence-electron chi connectivity index (χ4n) is 1.94. The Labute approximate surface area is 116 Å². The molecule has 2 heterocycles. The lowest BCUT2D eigenvalue weighted by molar-refractivity contribution is 0.182. The number of rotatable bonds is 3. The minimum atomic E-state index is -0.878. The highest BCUT2D eigenvalue weighted by molar-refractivity contribution is 7.26. The lowest BCUT2D eigenvalue weighted by Crippen LogP contribution is -2.00. The van der Waals surface area contributed by atoms with Gasteiger partial charge in [-0.1, -0.05) is 6.07 Å². The number of aliphatic hydroxyl groups excluding tert-OH is 1. The first-order chi connectivity index (χ1) is 9.13. The van der Waals surface area contributed by atoms with E-state index in [4.69, 9.17) is 0 Å². The number of fused-ring (bicyclic) bond motifs is 1. The van der Waals surface area contributed by atoms with Gasteiger partial charge in [-0.3, -0.25) is 0 Å². The summed E-state index contributed by atoms with van der Waals surface area (Å²) in [7, 11) is 0. The van der Waals surface area contributed by atoms with Gasteiger partial charge in [0.15, 0.2) is 11.6 Å². The van der Waals surface area contributed by atoms with Crippen LogP contribution in [-0.4, -0.2) is 5.11 Å². The van der Waals surface area contributed by atoms with E-state index in [1.807, 2.05) is 17.5 Å². The molecule has 3 aromatic rings. The van der Waals surface area contributed by atoms with Gasteiger partial charge in [0.25, 0.3) is 0 Å². The zero-order valence-electron chi connectivity index (χ0n) is 9.77. The molecule has 2 aromatic heterocycles. The van der Waals surface area contributed by atoms with Gasteiger partial charge >= 0.3 is 0 Å². The van der Waals surface area contributed by atoms with Crippen LogP contribution in [0.25, 0.3) is 9.40 Å². The van der Waals surface area contributed by atoms with Crippen LogP contribution in [-0.2, 0) is 6.42 Å². The summed E-state index contributed by atoms with van der Waals surface area (Å²) >= 11 is 3.16. The largest absolute Gasteiger partial charge is 0.387 e. The maximum Gasteiger partial charge on any atom is 0.159 e. The van der Waals surface area contributed by atoms with Gasteiger partial charge in [0.1, 0.15) is 0 Å². The lowest BCUT2D eigenvalue weighted by atomic mass is 10.1. The summed E-state index contributed by atoms with van der Waals surface area (Å²) in [5, 5.41) is 12.2. The molecule has 0 saturated carbocycles. The summed E-state index contributed by atoms with van der Waals surface area (Å²) in [5.41, 5.74) is 0.586. The van der Waals surface area contributed by atoms with E-state index in [0.717, 1.165) is 26.4 Å². The number of halogens is 2. The van der Waals surface area contributed by atoms with E-state index in [2.05, 4.69) is 0 Å². The van der Waals surface area contributed by atoms with E-state index < -0.39 is 17.7 Å². The molecule has 0 spiro atoms. The molecule has 3 rings (SSSR count). The second-order valence-corrected chi connectivity index (χ2v) is 6.33. The average molecular weight is 296 g/mol. The van der Waals surface area contributed by atoms with Crippen LogP contribution >= 0.6 is 22.7 Å². The molecule has 19 heavy (non-hydrogen) atoms. The predicted octanol–water partition coefficient (Wildman–Crippen LogP) is 4.52. The van der Waals surface area contributed by atoms with Crippen molar-refractivity contribution in [2.75, 3.05) is 0 Å². The first-order valence-electron chi connectivity index (χ1n) is 5.72. The number of aliphatic hydroxyl groups is 1. The van der Waals surface area contributed by atoms with E-state index >= 15 is 0 Å². The van der Waals surface area contributed by atoms with E-state index in [9.17, 15) is 13.9 Å². The number of benzene rings is 1. The van der Waals surface area contributed by atoms with Crippen molar-refractivity contribution in [3.63, 3.8) is 0 Å². The second-order valence-electron chi connectivity index (χ2n) is 4.27. The number of thiophene rings is 2. The van der Waals surface area contributed by atoms with Gasteiger partial charge in [-0.05, 0) is 35.2 Å².